The van der Waals surface area contributed by atoms with E-state index in [9.17, 15) is 33.9 Å². The molecule has 0 bridgehead atoms. The summed E-state index contributed by atoms with van der Waals surface area (Å²) < 4.78 is 0. The van der Waals surface area contributed by atoms with Gasteiger partial charge in [-0.1, -0.05) is 13.8 Å². The van der Waals surface area contributed by atoms with Crippen molar-refractivity contribution in [2.75, 3.05) is 0 Å². The Morgan fingerprint density at radius 2 is 1.46 bits per heavy atom. The maximum Gasteiger partial charge on any atom is 0.326 e. The van der Waals surface area contributed by atoms with E-state index >= 15 is 0 Å². The van der Waals surface area contributed by atoms with Gasteiger partial charge in [-0.3, -0.25) is 24.0 Å². The van der Waals surface area contributed by atoms with Crippen LogP contribution >= 0.6 is 0 Å². The molecule has 0 saturated heterocycles. The fraction of sp³-hybridized carbons (Fsp3) is 0.591. The van der Waals surface area contributed by atoms with Gasteiger partial charge in [0.1, 0.15) is 18.1 Å². The first kappa shape index (κ1) is 31.0. The molecule has 0 radical (unpaired) electrons. The molecule has 0 aliphatic heterocycles. The number of imidazole rings is 1. The smallest absolute Gasteiger partial charge is 0.326 e. The number of aromatic nitrogens is 2. The van der Waals surface area contributed by atoms with Crippen LogP contribution in [-0.2, 0) is 35.2 Å². The molecule has 0 saturated carbocycles. The number of amides is 4. The van der Waals surface area contributed by atoms with Crippen molar-refractivity contribution in [1.82, 2.24) is 25.9 Å². The van der Waals surface area contributed by atoms with Gasteiger partial charge in [-0.15, -0.1) is 0 Å². The lowest BCUT2D eigenvalue weighted by molar-refractivity contribution is -0.143. The summed E-state index contributed by atoms with van der Waals surface area (Å²) in [6.07, 6.45) is 1.53. The Kier molecular flexibility index (Phi) is 12.7. The van der Waals surface area contributed by atoms with Crippen LogP contribution in [0.4, 0.5) is 0 Å². The van der Waals surface area contributed by atoms with E-state index in [4.69, 9.17) is 16.6 Å². The number of nitrogens with two attached hydrogens (primary N) is 2. The van der Waals surface area contributed by atoms with Gasteiger partial charge in [-0.2, -0.15) is 0 Å². The third-order valence-corrected chi connectivity index (χ3v) is 5.25. The van der Waals surface area contributed by atoms with Crippen LogP contribution < -0.4 is 27.4 Å². The quantitative estimate of drug-likeness (QED) is 0.111. The molecule has 1 aromatic heterocycles. The van der Waals surface area contributed by atoms with E-state index in [1.54, 1.807) is 0 Å². The minimum Gasteiger partial charge on any atom is -0.481 e. The number of carbonyl (C=O) groups excluding carboxylic acids is 4. The summed E-state index contributed by atoms with van der Waals surface area (Å²) in [7, 11) is 0. The van der Waals surface area contributed by atoms with Crippen LogP contribution in [0.25, 0.3) is 0 Å². The van der Waals surface area contributed by atoms with E-state index in [0.717, 1.165) is 0 Å². The number of aromatic amines is 1. The van der Waals surface area contributed by atoms with Crippen LogP contribution in [0.3, 0.4) is 0 Å². The molecule has 37 heavy (non-hydrogen) atoms. The highest BCUT2D eigenvalue weighted by atomic mass is 16.4. The van der Waals surface area contributed by atoms with Crippen LogP contribution in [0, 0.1) is 5.92 Å². The standard InChI is InChI=1S/C22H35N7O8/c1-11(2)7-13(23)19(33)27-14(3-5-17(24)30)20(34)28-15(4-6-18(31)32)21(35)29-16(22(36)37)8-12-9-25-10-26-12/h9-11,13-16H,3-8,23H2,1-2H3,(H2,24,30)(H,25,26)(H,27,33)(H,28,34)(H,29,35)(H,31,32)(H,36,37). The number of H-pyrrole nitrogens is 1. The Morgan fingerprint density at radius 3 is 1.92 bits per heavy atom. The Morgan fingerprint density at radius 1 is 0.919 bits per heavy atom. The summed E-state index contributed by atoms with van der Waals surface area (Å²) in [4.78, 5) is 78.9. The van der Waals surface area contributed by atoms with E-state index in [1.807, 2.05) is 13.8 Å². The molecule has 1 rings (SSSR count). The summed E-state index contributed by atoms with van der Waals surface area (Å²) in [5, 5.41) is 25.6. The number of rotatable bonds is 17. The molecule has 1 aromatic rings. The van der Waals surface area contributed by atoms with Crippen molar-refractivity contribution < 1.29 is 39.0 Å². The predicted molar refractivity (Wildman–Crippen MR) is 128 cm³/mol. The number of aliphatic carboxylic acids is 2. The van der Waals surface area contributed by atoms with Gasteiger partial charge in [0.2, 0.25) is 23.6 Å². The van der Waals surface area contributed by atoms with Gasteiger partial charge in [0.15, 0.2) is 0 Å². The van der Waals surface area contributed by atoms with Crippen molar-refractivity contribution in [3.8, 4) is 0 Å². The van der Waals surface area contributed by atoms with E-state index < -0.39 is 66.2 Å². The van der Waals surface area contributed by atoms with Gasteiger partial charge >= 0.3 is 11.9 Å². The first-order chi connectivity index (χ1) is 17.3. The van der Waals surface area contributed by atoms with Crippen LogP contribution in [-0.4, -0.2) is 79.9 Å². The predicted octanol–water partition coefficient (Wildman–Crippen LogP) is -2.01. The lowest BCUT2D eigenvalue weighted by atomic mass is 10.0. The van der Waals surface area contributed by atoms with Gasteiger partial charge in [0, 0.05) is 31.2 Å². The van der Waals surface area contributed by atoms with E-state index in [2.05, 4.69) is 25.9 Å². The first-order valence-electron chi connectivity index (χ1n) is 11.7. The van der Waals surface area contributed by atoms with Gasteiger partial charge in [-0.05, 0) is 25.2 Å². The van der Waals surface area contributed by atoms with Gasteiger partial charge in [0.25, 0.3) is 0 Å². The SMILES string of the molecule is CC(C)CC(N)C(=O)NC(CCC(N)=O)C(=O)NC(CCC(=O)O)C(=O)NC(Cc1cnc[nH]1)C(=O)O. The van der Waals surface area contributed by atoms with Crippen LogP contribution in [0.5, 0.6) is 0 Å². The van der Waals surface area contributed by atoms with E-state index in [-0.39, 0.29) is 31.6 Å². The van der Waals surface area contributed by atoms with E-state index in [1.165, 1.54) is 12.5 Å². The number of carbonyl (C=O) groups is 6. The number of hydrogen-bond acceptors (Lipinski definition) is 8. The Balaban J connectivity index is 3.03. The molecule has 4 unspecified atom stereocenters. The minimum absolute atomic E-state index is 0.0895. The number of hydrogen-bond donors (Lipinski definition) is 8. The molecule has 0 aliphatic carbocycles. The lowest BCUT2D eigenvalue weighted by Crippen LogP contribution is -2.57. The molecule has 0 spiro atoms. The number of carboxylic acid groups (broad SMARTS) is 2. The summed E-state index contributed by atoms with van der Waals surface area (Å²) in [5.74, 6) is -5.76. The van der Waals surface area contributed by atoms with Crippen molar-refractivity contribution in [3.05, 3.63) is 18.2 Å². The number of primary amides is 1. The van der Waals surface area contributed by atoms with Gasteiger partial charge in [0.05, 0.1) is 12.4 Å². The van der Waals surface area contributed by atoms with Crippen molar-refractivity contribution >= 4 is 35.6 Å². The first-order valence-corrected chi connectivity index (χ1v) is 11.7. The van der Waals surface area contributed by atoms with Crippen LogP contribution in [0.1, 0.15) is 51.6 Å². The van der Waals surface area contributed by atoms with Crippen LogP contribution in [0.2, 0.25) is 0 Å². The van der Waals surface area contributed by atoms with Crippen LogP contribution in [0.15, 0.2) is 12.5 Å². The molecule has 0 fully saturated rings. The fourth-order valence-corrected chi connectivity index (χ4v) is 3.35. The summed E-state index contributed by atoms with van der Waals surface area (Å²) >= 11 is 0. The molecule has 1 heterocycles. The number of nitrogens with zero attached hydrogens (tertiary/aromatic N) is 1. The molecule has 4 amide bonds. The highest BCUT2D eigenvalue weighted by molar-refractivity contribution is 5.94. The van der Waals surface area contributed by atoms with Crippen molar-refractivity contribution in [2.24, 2.45) is 17.4 Å². The zero-order valence-electron chi connectivity index (χ0n) is 20.7. The molecule has 10 N–H and O–H groups in total. The molecular weight excluding hydrogens is 490 g/mol. The van der Waals surface area contributed by atoms with Crippen molar-refractivity contribution in [2.45, 2.75) is 76.5 Å². The maximum atomic E-state index is 13.0. The molecule has 15 nitrogen and oxygen atoms in total. The van der Waals surface area contributed by atoms with Crippen molar-refractivity contribution in [1.29, 1.82) is 0 Å². The van der Waals surface area contributed by atoms with Gasteiger partial charge in [-0.25, -0.2) is 9.78 Å². The zero-order valence-corrected chi connectivity index (χ0v) is 20.7. The molecule has 15 heteroatoms. The largest absolute Gasteiger partial charge is 0.481 e. The highest BCUT2D eigenvalue weighted by Crippen LogP contribution is 2.07. The average Bonchev–Trinajstić information content (AvgIpc) is 3.30. The molecule has 0 aliphatic rings. The third kappa shape index (κ3) is 12.0. The fourth-order valence-electron chi connectivity index (χ4n) is 3.35. The minimum atomic E-state index is -1.45. The summed E-state index contributed by atoms with van der Waals surface area (Å²) in [6.45, 7) is 3.71. The summed E-state index contributed by atoms with van der Waals surface area (Å²) in [5.41, 5.74) is 11.5. The second-order valence-electron chi connectivity index (χ2n) is 8.98. The zero-order chi connectivity index (χ0) is 28.1. The molecule has 0 aromatic carbocycles. The second kappa shape index (κ2) is 15.2. The Hall–Kier alpha value is -4.01. The summed E-state index contributed by atoms with van der Waals surface area (Å²) in [6, 6.07) is -5.10. The van der Waals surface area contributed by atoms with Gasteiger partial charge < -0.3 is 42.6 Å². The Labute approximate surface area is 213 Å². The monoisotopic (exact) mass is 525 g/mol. The number of carboxylic acids is 2. The van der Waals surface area contributed by atoms with E-state index in [0.29, 0.717) is 12.1 Å². The molecule has 206 valence electrons. The third-order valence-electron chi connectivity index (χ3n) is 5.25. The second-order valence-corrected chi connectivity index (χ2v) is 8.98. The maximum absolute atomic E-state index is 13.0. The topological polar surface area (TPSA) is 260 Å². The lowest BCUT2D eigenvalue weighted by Gasteiger charge is -2.25. The molecular formula is C22H35N7O8. The Bertz CT molecular complexity index is 951. The molecule has 4 atom stereocenters. The average molecular weight is 526 g/mol. The van der Waals surface area contributed by atoms with Crippen molar-refractivity contribution in [3.63, 3.8) is 0 Å². The number of nitrogens with one attached hydrogen (secondary N) is 4. The normalized spacial score (nSPS) is 14.2. The highest BCUT2D eigenvalue weighted by Gasteiger charge is 2.31.